The maximum Gasteiger partial charge on any atom is 0.133 e. The summed E-state index contributed by atoms with van der Waals surface area (Å²) in [5.41, 5.74) is 8.74. The molecule has 2 heterocycles. The van der Waals surface area contributed by atoms with Crippen LogP contribution in [0.25, 0.3) is 21.8 Å². The molecular formula is C20H24ClN3OS3. The lowest BCUT2D eigenvalue weighted by atomic mass is 10.1. The van der Waals surface area contributed by atoms with Crippen molar-refractivity contribution in [3.05, 3.63) is 40.6 Å². The molecular weight excluding hydrogens is 430 g/mol. The molecule has 3 aromatic rings. The first-order valence-electron chi connectivity index (χ1n) is 8.83. The molecule has 4 nitrogen and oxygen atoms in total. The first kappa shape index (κ1) is 22.7. The molecule has 0 atom stereocenters. The number of amidine groups is 1. The lowest BCUT2D eigenvalue weighted by Gasteiger charge is -2.06. The SMILES string of the molecule is CCCCCOc1ccc(-c2csc(-c3cc(C(=N)N)sc3SC)n2)cc1.Cl. The van der Waals surface area contributed by atoms with Crippen molar-refractivity contribution in [2.45, 2.75) is 30.4 Å². The van der Waals surface area contributed by atoms with E-state index in [1.165, 1.54) is 12.8 Å². The number of nitrogens with zero attached hydrogens (tertiary/aromatic N) is 1. The van der Waals surface area contributed by atoms with Gasteiger partial charge in [-0.15, -0.1) is 46.8 Å². The van der Waals surface area contributed by atoms with Crippen LogP contribution in [0, 0.1) is 5.41 Å². The van der Waals surface area contributed by atoms with Crippen LogP contribution in [-0.2, 0) is 0 Å². The summed E-state index contributed by atoms with van der Waals surface area (Å²) in [7, 11) is 0. The van der Waals surface area contributed by atoms with Crippen LogP contribution in [0.5, 0.6) is 5.75 Å². The average molecular weight is 454 g/mol. The van der Waals surface area contributed by atoms with E-state index in [0.29, 0.717) is 0 Å². The van der Waals surface area contributed by atoms with Gasteiger partial charge >= 0.3 is 0 Å². The van der Waals surface area contributed by atoms with Gasteiger partial charge in [-0.2, -0.15) is 0 Å². The molecule has 0 amide bonds. The fraction of sp³-hybridized carbons (Fsp3) is 0.300. The number of nitrogen functional groups attached to an aromatic ring is 1. The molecule has 3 rings (SSSR count). The van der Waals surface area contributed by atoms with Gasteiger partial charge in [-0.05, 0) is 43.0 Å². The lowest BCUT2D eigenvalue weighted by molar-refractivity contribution is 0.306. The number of aromatic nitrogens is 1. The van der Waals surface area contributed by atoms with Crippen molar-refractivity contribution in [1.29, 1.82) is 5.41 Å². The third-order valence-corrected chi connectivity index (χ3v) is 7.23. The van der Waals surface area contributed by atoms with E-state index in [1.54, 1.807) is 34.4 Å². The number of benzene rings is 1. The smallest absolute Gasteiger partial charge is 0.133 e. The van der Waals surface area contributed by atoms with Crippen LogP contribution in [0.3, 0.4) is 0 Å². The predicted molar refractivity (Wildman–Crippen MR) is 126 cm³/mol. The molecule has 0 saturated carbocycles. The fourth-order valence-electron chi connectivity index (χ4n) is 2.60. The number of halogens is 1. The highest BCUT2D eigenvalue weighted by Crippen LogP contribution is 2.40. The summed E-state index contributed by atoms with van der Waals surface area (Å²) in [5, 5.41) is 10.7. The molecule has 0 saturated heterocycles. The van der Waals surface area contributed by atoms with Crippen LogP contribution in [0.2, 0.25) is 0 Å². The Kier molecular flexibility index (Phi) is 8.82. The molecule has 0 aliphatic carbocycles. The fourth-order valence-corrected chi connectivity index (χ4v) is 5.31. The zero-order valence-electron chi connectivity index (χ0n) is 15.9. The molecule has 0 radical (unpaired) electrons. The van der Waals surface area contributed by atoms with Crippen LogP contribution in [0.4, 0.5) is 0 Å². The minimum absolute atomic E-state index is 0. The highest BCUT2D eigenvalue weighted by Gasteiger charge is 2.15. The molecule has 150 valence electrons. The van der Waals surface area contributed by atoms with Crippen molar-refractivity contribution in [1.82, 2.24) is 4.98 Å². The average Bonchev–Trinajstić information content (AvgIpc) is 3.32. The van der Waals surface area contributed by atoms with Gasteiger partial charge in [-0.25, -0.2) is 4.98 Å². The summed E-state index contributed by atoms with van der Waals surface area (Å²) in [6.45, 7) is 2.96. The number of nitrogens with two attached hydrogens (primary N) is 1. The lowest BCUT2D eigenvalue weighted by Crippen LogP contribution is -2.08. The van der Waals surface area contributed by atoms with E-state index < -0.39 is 0 Å². The van der Waals surface area contributed by atoms with E-state index in [0.717, 1.165) is 49.7 Å². The van der Waals surface area contributed by atoms with Gasteiger partial charge in [-0.1, -0.05) is 19.8 Å². The first-order valence-corrected chi connectivity index (χ1v) is 11.8. The second kappa shape index (κ2) is 10.9. The minimum Gasteiger partial charge on any atom is -0.494 e. The molecule has 28 heavy (non-hydrogen) atoms. The number of thiazole rings is 1. The van der Waals surface area contributed by atoms with Gasteiger partial charge < -0.3 is 10.5 Å². The normalized spacial score (nSPS) is 10.5. The van der Waals surface area contributed by atoms with E-state index in [-0.39, 0.29) is 18.2 Å². The zero-order chi connectivity index (χ0) is 19.2. The Morgan fingerprint density at radius 3 is 2.64 bits per heavy atom. The van der Waals surface area contributed by atoms with Gasteiger partial charge in [0.25, 0.3) is 0 Å². The predicted octanol–water partition coefficient (Wildman–Crippen LogP) is 6.54. The standard InChI is InChI=1S/C20H23N3OS3.ClH/c1-3-4-5-10-24-14-8-6-13(7-9-14)16-12-26-19(23-16)15-11-17(18(21)22)27-20(15)25-2;/h6-9,11-12H,3-5,10H2,1-2H3,(H3,21,22);1H. The van der Waals surface area contributed by atoms with Gasteiger partial charge in [0.15, 0.2) is 0 Å². The van der Waals surface area contributed by atoms with Crippen molar-refractivity contribution >= 4 is 52.7 Å². The minimum atomic E-state index is 0. The molecule has 8 heteroatoms. The number of rotatable bonds is 9. The molecule has 0 aliphatic heterocycles. The number of ether oxygens (including phenoxy) is 1. The Hall–Kier alpha value is -1.54. The van der Waals surface area contributed by atoms with Gasteiger partial charge in [-0.3, -0.25) is 5.41 Å². The van der Waals surface area contributed by atoms with Gasteiger partial charge in [0.2, 0.25) is 0 Å². The number of nitrogens with one attached hydrogen (secondary N) is 1. The maximum absolute atomic E-state index is 7.66. The van der Waals surface area contributed by atoms with Crippen LogP contribution < -0.4 is 10.5 Å². The summed E-state index contributed by atoms with van der Waals surface area (Å²) in [6.07, 6.45) is 5.53. The van der Waals surface area contributed by atoms with E-state index >= 15 is 0 Å². The Morgan fingerprint density at radius 1 is 1.25 bits per heavy atom. The molecule has 3 N–H and O–H groups in total. The van der Waals surface area contributed by atoms with Crippen LogP contribution >= 0.6 is 46.8 Å². The highest BCUT2D eigenvalue weighted by atomic mass is 35.5. The molecule has 0 fully saturated rings. The van der Waals surface area contributed by atoms with Crippen molar-refractivity contribution in [3.63, 3.8) is 0 Å². The first-order chi connectivity index (χ1) is 13.1. The van der Waals surface area contributed by atoms with Crippen molar-refractivity contribution in [2.75, 3.05) is 12.9 Å². The molecule has 1 aromatic carbocycles. The molecule has 0 unspecified atom stereocenters. The number of hydrogen-bond donors (Lipinski definition) is 2. The van der Waals surface area contributed by atoms with Crippen molar-refractivity contribution < 1.29 is 4.74 Å². The number of unbranched alkanes of at least 4 members (excludes halogenated alkanes) is 2. The number of thioether (sulfide) groups is 1. The summed E-state index contributed by atoms with van der Waals surface area (Å²) in [5.74, 6) is 1.01. The third kappa shape index (κ3) is 5.50. The summed E-state index contributed by atoms with van der Waals surface area (Å²) in [4.78, 5) is 5.60. The zero-order valence-corrected chi connectivity index (χ0v) is 19.1. The van der Waals surface area contributed by atoms with Crippen molar-refractivity contribution in [2.24, 2.45) is 5.73 Å². The Labute approximate surface area is 184 Å². The molecule has 0 aliphatic rings. The highest BCUT2D eigenvalue weighted by molar-refractivity contribution is 8.00. The van der Waals surface area contributed by atoms with E-state index in [1.807, 2.05) is 24.5 Å². The Morgan fingerprint density at radius 2 is 2.00 bits per heavy atom. The summed E-state index contributed by atoms with van der Waals surface area (Å²) >= 11 is 4.82. The molecule has 0 bridgehead atoms. The third-order valence-electron chi connectivity index (χ3n) is 4.05. The van der Waals surface area contributed by atoms with Gasteiger partial charge in [0.1, 0.15) is 16.6 Å². The monoisotopic (exact) mass is 453 g/mol. The van der Waals surface area contributed by atoms with E-state index in [9.17, 15) is 0 Å². The number of hydrogen-bond acceptors (Lipinski definition) is 6. The van der Waals surface area contributed by atoms with E-state index in [2.05, 4.69) is 24.4 Å². The summed E-state index contributed by atoms with van der Waals surface area (Å²) in [6, 6.07) is 10.1. The second-order valence-corrected chi connectivity index (χ2v) is 9.03. The van der Waals surface area contributed by atoms with E-state index in [4.69, 9.17) is 20.9 Å². The topological polar surface area (TPSA) is 72.0 Å². The van der Waals surface area contributed by atoms with Crippen LogP contribution in [-0.4, -0.2) is 23.7 Å². The van der Waals surface area contributed by atoms with Gasteiger partial charge in [0.05, 0.1) is 21.4 Å². The quantitative estimate of drug-likeness (QED) is 0.167. The number of thiophene rings is 1. The van der Waals surface area contributed by atoms with Crippen LogP contribution in [0.15, 0.2) is 39.9 Å². The van der Waals surface area contributed by atoms with Crippen molar-refractivity contribution in [3.8, 4) is 27.6 Å². The van der Waals surface area contributed by atoms with Gasteiger partial charge in [0, 0.05) is 16.5 Å². The molecule has 0 spiro atoms. The maximum atomic E-state index is 7.66. The summed E-state index contributed by atoms with van der Waals surface area (Å²) < 4.78 is 6.91. The van der Waals surface area contributed by atoms with Crippen LogP contribution in [0.1, 0.15) is 31.1 Å². The largest absolute Gasteiger partial charge is 0.494 e. The Balaban J connectivity index is 0.00000280. The second-order valence-electron chi connectivity index (χ2n) is 6.05. The molecule has 2 aromatic heterocycles. The Bertz CT molecular complexity index is 906.